The molecule has 1 atom stereocenters. The zero-order valence-corrected chi connectivity index (χ0v) is 30.8. The Morgan fingerprint density at radius 3 is 1.67 bits per heavy atom. The van der Waals surface area contributed by atoms with E-state index in [1.165, 1.54) is 51.4 Å². The van der Waals surface area contributed by atoms with Gasteiger partial charge in [0.05, 0.1) is 33.8 Å². The summed E-state index contributed by atoms with van der Waals surface area (Å²) < 4.78 is 0. The zero-order chi connectivity index (χ0) is 41.2. The molecule has 2 amide bonds. The molecule has 0 saturated carbocycles. The van der Waals surface area contributed by atoms with E-state index in [9.17, 15) is 33.6 Å². The number of ketones is 5. The number of anilines is 2. The Balaban J connectivity index is 0.000000173. The Hall–Kier alpha value is -7.69. The van der Waals surface area contributed by atoms with Gasteiger partial charge in [0.2, 0.25) is 11.8 Å². The number of hydrogen-bond donors (Lipinski definition) is 5. The number of carbonyl (C=O) groups excluding carboxylic acids is 7. The number of hydrazine groups is 1. The van der Waals surface area contributed by atoms with E-state index in [4.69, 9.17) is 0 Å². The number of nitrogens with one attached hydrogen (secondary N) is 3. The lowest BCUT2D eigenvalue weighted by atomic mass is 9.94. The highest BCUT2D eigenvalue weighted by atomic mass is 16.2. The molecule has 6 aromatic rings. The highest BCUT2D eigenvalue weighted by Crippen LogP contribution is 2.42. The summed E-state index contributed by atoms with van der Waals surface area (Å²) in [6.07, 6.45) is 9.36. The highest BCUT2D eigenvalue weighted by molar-refractivity contribution is 6.39. The summed E-state index contributed by atoms with van der Waals surface area (Å²) in [6.45, 7) is 4.25. The maximum absolute atomic E-state index is 12.9. The van der Waals surface area contributed by atoms with Crippen LogP contribution < -0.4 is 22.3 Å². The van der Waals surface area contributed by atoms with Gasteiger partial charge < -0.3 is 10.6 Å². The molecule has 0 radical (unpaired) electrons. The third-order valence-corrected chi connectivity index (χ3v) is 8.49. The molecule has 1 unspecified atom stereocenters. The number of Topliss-reactive ketones (excluding diaryl/α,β-unsaturated/α-hetero) is 4. The van der Waals surface area contributed by atoms with Crippen molar-refractivity contribution in [3.63, 3.8) is 0 Å². The van der Waals surface area contributed by atoms with Gasteiger partial charge in [-0.25, -0.2) is 0 Å². The van der Waals surface area contributed by atoms with E-state index in [-0.39, 0.29) is 45.8 Å². The van der Waals surface area contributed by atoms with Crippen LogP contribution in [-0.4, -0.2) is 65.9 Å². The number of aromatic amines is 1. The van der Waals surface area contributed by atoms with Crippen LogP contribution in [0.2, 0.25) is 0 Å². The van der Waals surface area contributed by atoms with Crippen LogP contribution in [-0.2, 0) is 9.59 Å². The third kappa shape index (κ3) is 8.67. The van der Waals surface area contributed by atoms with Gasteiger partial charge >= 0.3 is 0 Å². The summed E-state index contributed by atoms with van der Waals surface area (Å²) in [5.74, 6) is 4.19. The minimum Gasteiger partial charge on any atom is -0.326 e. The predicted octanol–water partition coefficient (Wildman–Crippen LogP) is 4.66. The first-order valence-electron chi connectivity index (χ1n) is 17.1. The van der Waals surface area contributed by atoms with Gasteiger partial charge in [0.15, 0.2) is 28.9 Å². The fourth-order valence-corrected chi connectivity index (χ4v) is 6.11. The normalized spacial score (nSPS) is 12.9. The fourth-order valence-electron chi connectivity index (χ4n) is 6.11. The van der Waals surface area contributed by atoms with Crippen LogP contribution in [0.3, 0.4) is 0 Å². The number of benzene rings is 2. The Morgan fingerprint density at radius 1 is 0.614 bits per heavy atom. The van der Waals surface area contributed by atoms with Crippen molar-refractivity contribution in [3.8, 4) is 22.5 Å². The summed E-state index contributed by atoms with van der Waals surface area (Å²) in [7, 11) is 0. The lowest BCUT2D eigenvalue weighted by Gasteiger charge is -2.07. The monoisotopic (exact) mass is 765 g/mol. The van der Waals surface area contributed by atoms with Crippen molar-refractivity contribution < 1.29 is 33.6 Å². The lowest BCUT2D eigenvalue weighted by molar-refractivity contribution is -0.115. The lowest BCUT2D eigenvalue weighted by Crippen LogP contribution is -2.26. The molecule has 286 valence electrons. The van der Waals surface area contributed by atoms with Crippen LogP contribution in [0.25, 0.3) is 22.5 Å². The standard InChI is InChI=1S/C17H12N4O2.C17H12N2O4.C7H7NO.H4N2/c1-9(22)19-12-6-2-5-11-13(12)17(23)14-15(20-21-16(11)14)10-4-3-7-18-8-10;1-9(20)19-12-6-2-5-11-13(12)17(23)14(16(11)22)15(21)10-4-3-7-18-8-10;1-6(9)7-3-2-4-8-5-7;1-2/h2-8H,1H3,(H,19,22)(H,20,21);2-8,14H,1H3,(H,19,20);2-5H,1H3;1-2H2. The molecule has 7 N–H and O–H groups in total. The van der Waals surface area contributed by atoms with Crippen LogP contribution in [0.5, 0.6) is 0 Å². The van der Waals surface area contributed by atoms with E-state index >= 15 is 0 Å². The van der Waals surface area contributed by atoms with Gasteiger partial charge in [0.1, 0.15) is 11.6 Å². The first-order valence-corrected chi connectivity index (χ1v) is 17.1. The maximum Gasteiger partial charge on any atom is 0.221 e. The number of rotatable bonds is 6. The number of pyridine rings is 3. The van der Waals surface area contributed by atoms with Crippen LogP contribution >= 0.6 is 0 Å². The molecule has 4 heterocycles. The van der Waals surface area contributed by atoms with Gasteiger partial charge in [0.25, 0.3) is 0 Å². The van der Waals surface area contributed by atoms with Crippen molar-refractivity contribution in [1.29, 1.82) is 0 Å². The van der Waals surface area contributed by atoms with E-state index < -0.39 is 23.3 Å². The molecule has 0 spiro atoms. The van der Waals surface area contributed by atoms with Crippen molar-refractivity contribution in [2.24, 2.45) is 17.6 Å². The zero-order valence-electron chi connectivity index (χ0n) is 30.8. The van der Waals surface area contributed by atoms with Gasteiger partial charge in [-0.3, -0.25) is 65.3 Å². The number of nitrogens with zero attached hydrogens (tertiary/aromatic N) is 4. The molecule has 0 fully saturated rings. The summed E-state index contributed by atoms with van der Waals surface area (Å²) >= 11 is 0. The quantitative estimate of drug-likeness (QED) is 0.0668. The number of fused-ring (bicyclic) bond motifs is 4. The minimum absolute atomic E-state index is 0.0584. The van der Waals surface area contributed by atoms with Crippen molar-refractivity contribution >= 4 is 52.1 Å². The average Bonchev–Trinajstić information content (AvgIpc) is 3.87. The van der Waals surface area contributed by atoms with Crippen molar-refractivity contribution in [1.82, 2.24) is 25.1 Å². The van der Waals surface area contributed by atoms with Crippen molar-refractivity contribution in [2.75, 3.05) is 10.6 Å². The van der Waals surface area contributed by atoms with E-state index in [1.54, 1.807) is 67.3 Å². The molecule has 16 nitrogen and oxygen atoms in total. The predicted molar refractivity (Wildman–Crippen MR) is 209 cm³/mol. The molecule has 0 saturated heterocycles. The fraction of sp³-hybridized carbons (Fsp3) is 0.0976. The number of hydrogen-bond acceptors (Lipinski definition) is 13. The Kier molecular flexibility index (Phi) is 12.9. The molecule has 0 bridgehead atoms. The molecule has 2 aliphatic carbocycles. The topological polar surface area (TPSA) is 263 Å². The van der Waals surface area contributed by atoms with Crippen LogP contribution in [0.1, 0.15) is 78.1 Å². The summed E-state index contributed by atoms with van der Waals surface area (Å²) in [4.78, 5) is 95.4. The Labute approximate surface area is 325 Å². The average molecular weight is 766 g/mol. The Morgan fingerprint density at radius 2 is 1.16 bits per heavy atom. The molecule has 2 aliphatic rings. The second-order valence-electron chi connectivity index (χ2n) is 12.3. The van der Waals surface area contributed by atoms with Gasteiger partial charge in [-0.2, -0.15) is 5.10 Å². The largest absolute Gasteiger partial charge is 0.326 e. The number of amides is 2. The second-order valence-corrected chi connectivity index (χ2v) is 12.3. The smallest absolute Gasteiger partial charge is 0.221 e. The number of carbonyl (C=O) groups is 7. The second kappa shape index (κ2) is 18.1. The van der Waals surface area contributed by atoms with Gasteiger partial charge in [0, 0.05) is 78.8 Å². The van der Waals surface area contributed by atoms with Crippen LogP contribution in [0.15, 0.2) is 110 Å². The Bertz CT molecular complexity index is 2500. The van der Waals surface area contributed by atoms with E-state index in [0.29, 0.717) is 33.8 Å². The number of H-pyrrole nitrogens is 1. The molecule has 4 aromatic heterocycles. The molecular weight excluding hydrogens is 731 g/mol. The molecule has 0 aliphatic heterocycles. The first-order chi connectivity index (χ1) is 27.5. The SMILES string of the molecule is CC(=O)Nc1cccc2c1C(=O)C(C(=O)c1cccnc1)C2=O.CC(=O)Nc1cccc2c1C(=O)c1c(-c3cccnc3)n[nH]c1-2.CC(=O)c1cccnc1.NN. The van der Waals surface area contributed by atoms with Gasteiger partial charge in [-0.05, 0) is 55.5 Å². The van der Waals surface area contributed by atoms with E-state index in [1.807, 2.05) is 12.1 Å². The summed E-state index contributed by atoms with van der Waals surface area (Å²) in [5, 5.41) is 12.4. The molecule has 57 heavy (non-hydrogen) atoms. The maximum atomic E-state index is 12.9. The van der Waals surface area contributed by atoms with Crippen molar-refractivity contribution in [2.45, 2.75) is 20.8 Å². The minimum atomic E-state index is -1.41. The van der Waals surface area contributed by atoms with Crippen LogP contribution in [0.4, 0.5) is 11.4 Å². The van der Waals surface area contributed by atoms with E-state index in [2.05, 4.69) is 47.5 Å². The molecule has 2 aromatic carbocycles. The van der Waals surface area contributed by atoms with Crippen LogP contribution in [0, 0.1) is 5.92 Å². The summed E-state index contributed by atoms with van der Waals surface area (Å²) in [5.41, 5.74) is 5.66. The van der Waals surface area contributed by atoms with Crippen molar-refractivity contribution in [3.05, 3.63) is 143 Å². The highest BCUT2D eigenvalue weighted by Gasteiger charge is 2.45. The number of aromatic nitrogens is 5. The third-order valence-electron chi connectivity index (χ3n) is 8.49. The number of nitrogens with two attached hydrogens (primary N) is 2. The van der Waals surface area contributed by atoms with Gasteiger partial charge in [-0.1, -0.05) is 24.3 Å². The first kappa shape index (κ1) is 40.5. The van der Waals surface area contributed by atoms with Gasteiger partial charge in [-0.15, -0.1) is 0 Å². The molecule has 16 heteroatoms. The summed E-state index contributed by atoms with van der Waals surface area (Å²) in [6, 6.07) is 20.2. The molecular formula is C41H35N9O7. The van der Waals surface area contributed by atoms with E-state index in [0.717, 1.165) is 11.1 Å². The molecule has 8 rings (SSSR count).